The number of rotatable bonds is 4. The quantitative estimate of drug-likeness (QED) is 0.717. The van der Waals surface area contributed by atoms with Gasteiger partial charge in [-0.2, -0.15) is 0 Å². The molecule has 98 valence electrons. The second-order valence-corrected chi connectivity index (χ2v) is 4.56. The summed E-state index contributed by atoms with van der Waals surface area (Å²) in [5, 5.41) is 20.8. The van der Waals surface area contributed by atoms with Crippen molar-refractivity contribution in [2.45, 2.75) is 20.8 Å². The number of carboxylic acids is 1. The lowest BCUT2D eigenvalue weighted by Crippen LogP contribution is -2.24. The van der Waals surface area contributed by atoms with E-state index in [-0.39, 0.29) is 29.1 Å². The van der Waals surface area contributed by atoms with Crippen LogP contribution in [0.4, 0.5) is 5.69 Å². The van der Waals surface area contributed by atoms with E-state index < -0.39 is 5.97 Å². The van der Waals surface area contributed by atoms with Crippen LogP contribution in [-0.2, 0) is 4.79 Å². The maximum atomic E-state index is 11.8. The summed E-state index contributed by atoms with van der Waals surface area (Å²) in [6, 6.07) is 3.95. The number of anilines is 1. The Balaban J connectivity index is 2.89. The first-order valence-electron chi connectivity index (χ1n) is 5.70. The number of phenols is 1. The van der Waals surface area contributed by atoms with Gasteiger partial charge in [0.05, 0.1) is 0 Å². The molecule has 0 aliphatic rings. The summed E-state index contributed by atoms with van der Waals surface area (Å²) in [5.41, 5.74) is 0.132. The van der Waals surface area contributed by atoms with E-state index in [4.69, 9.17) is 5.11 Å². The Kier molecular flexibility index (Phi) is 4.31. The summed E-state index contributed by atoms with van der Waals surface area (Å²) in [7, 11) is 0. The minimum Gasteiger partial charge on any atom is -0.507 e. The maximum absolute atomic E-state index is 11.8. The van der Waals surface area contributed by atoms with Gasteiger partial charge in [0, 0.05) is 11.6 Å². The molecule has 1 aromatic carbocycles. The number of benzene rings is 1. The molecule has 0 saturated carbocycles. The molecule has 3 N–H and O–H groups in total. The summed E-state index contributed by atoms with van der Waals surface area (Å²) in [4.78, 5) is 22.6. The van der Waals surface area contributed by atoms with E-state index in [0.717, 1.165) is 0 Å². The first kappa shape index (κ1) is 14.0. The minimum atomic E-state index is -1.24. The van der Waals surface area contributed by atoms with Gasteiger partial charge in [-0.25, -0.2) is 4.79 Å². The van der Waals surface area contributed by atoms with E-state index in [9.17, 15) is 14.7 Å². The Hall–Kier alpha value is -2.04. The number of carbonyl (C=O) groups is 2. The van der Waals surface area contributed by atoms with Crippen molar-refractivity contribution < 1.29 is 19.8 Å². The fourth-order valence-electron chi connectivity index (χ4n) is 1.34. The van der Waals surface area contributed by atoms with Gasteiger partial charge in [0.2, 0.25) is 5.91 Å². The van der Waals surface area contributed by atoms with Gasteiger partial charge >= 0.3 is 5.97 Å². The third kappa shape index (κ3) is 3.23. The van der Waals surface area contributed by atoms with Crippen molar-refractivity contribution in [3.05, 3.63) is 23.8 Å². The highest BCUT2D eigenvalue weighted by molar-refractivity contribution is 5.96. The van der Waals surface area contributed by atoms with Crippen LogP contribution in [0.2, 0.25) is 0 Å². The fraction of sp³-hybridized carbons (Fsp3) is 0.385. The van der Waals surface area contributed by atoms with Gasteiger partial charge in [0.25, 0.3) is 0 Å². The summed E-state index contributed by atoms with van der Waals surface area (Å²) >= 11 is 0. The zero-order valence-corrected chi connectivity index (χ0v) is 10.6. The molecule has 0 aliphatic carbocycles. The molecule has 1 atom stereocenters. The number of amides is 1. The largest absolute Gasteiger partial charge is 0.507 e. The molecule has 1 aromatic rings. The lowest BCUT2D eigenvalue weighted by Gasteiger charge is -2.15. The van der Waals surface area contributed by atoms with Gasteiger partial charge in [0.1, 0.15) is 11.3 Å². The van der Waals surface area contributed by atoms with E-state index in [1.165, 1.54) is 18.2 Å². The van der Waals surface area contributed by atoms with Crippen LogP contribution in [0.1, 0.15) is 31.1 Å². The van der Waals surface area contributed by atoms with Crippen LogP contribution in [0.5, 0.6) is 5.75 Å². The zero-order chi connectivity index (χ0) is 13.9. The lowest BCUT2D eigenvalue weighted by atomic mass is 9.97. The molecule has 0 bridgehead atoms. The van der Waals surface area contributed by atoms with Crippen LogP contribution in [0, 0.1) is 11.8 Å². The number of hydrogen-bond acceptors (Lipinski definition) is 3. The van der Waals surface area contributed by atoms with Gasteiger partial charge in [-0.15, -0.1) is 0 Å². The van der Waals surface area contributed by atoms with E-state index >= 15 is 0 Å². The van der Waals surface area contributed by atoms with Gasteiger partial charge in [0.15, 0.2) is 0 Å². The van der Waals surface area contributed by atoms with E-state index in [2.05, 4.69) is 5.32 Å². The maximum Gasteiger partial charge on any atom is 0.339 e. The van der Waals surface area contributed by atoms with Crippen LogP contribution in [-0.4, -0.2) is 22.1 Å². The molecule has 5 nitrogen and oxygen atoms in total. The molecule has 5 heteroatoms. The molecule has 0 spiro atoms. The van der Waals surface area contributed by atoms with Crippen molar-refractivity contribution >= 4 is 17.6 Å². The third-order valence-corrected chi connectivity index (χ3v) is 2.91. The highest BCUT2D eigenvalue weighted by Gasteiger charge is 2.17. The van der Waals surface area contributed by atoms with Crippen molar-refractivity contribution in [1.82, 2.24) is 0 Å². The Labute approximate surface area is 105 Å². The standard InChI is InChI=1S/C13H17NO4/c1-7(2)8(3)12(16)14-9-4-5-11(15)10(6-9)13(17)18/h4-8,15H,1-3H3,(H,14,16)(H,17,18). The number of carboxylic acid groups (broad SMARTS) is 1. The van der Waals surface area contributed by atoms with Crippen LogP contribution in [0.3, 0.4) is 0 Å². The topological polar surface area (TPSA) is 86.6 Å². The van der Waals surface area contributed by atoms with Gasteiger partial charge < -0.3 is 15.5 Å². The van der Waals surface area contributed by atoms with Gasteiger partial charge in [-0.05, 0) is 24.1 Å². The summed E-state index contributed by atoms with van der Waals surface area (Å²) < 4.78 is 0. The Morgan fingerprint density at radius 3 is 2.33 bits per heavy atom. The molecule has 0 saturated heterocycles. The molecule has 0 heterocycles. The normalized spacial score (nSPS) is 12.2. The van der Waals surface area contributed by atoms with Gasteiger partial charge in [-0.3, -0.25) is 4.79 Å². The molecular formula is C13H17NO4. The summed E-state index contributed by atoms with van der Waals surface area (Å²) in [6.45, 7) is 5.67. The van der Waals surface area contributed by atoms with Crippen molar-refractivity contribution in [2.24, 2.45) is 11.8 Å². The highest BCUT2D eigenvalue weighted by atomic mass is 16.4. The predicted molar refractivity (Wildman–Crippen MR) is 67.7 cm³/mol. The first-order valence-corrected chi connectivity index (χ1v) is 5.70. The molecule has 0 radical (unpaired) electrons. The number of aromatic carboxylic acids is 1. The first-order chi connectivity index (χ1) is 8.32. The van der Waals surface area contributed by atoms with Crippen molar-refractivity contribution in [3.8, 4) is 5.75 Å². The second-order valence-electron chi connectivity index (χ2n) is 4.56. The zero-order valence-electron chi connectivity index (χ0n) is 10.6. The second kappa shape index (κ2) is 5.53. The number of hydrogen-bond donors (Lipinski definition) is 3. The lowest BCUT2D eigenvalue weighted by molar-refractivity contribution is -0.120. The number of carbonyl (C=O) groups excluding carboxylic acids is 1. The molecule has 18 heavy (non-hydrogen) atoms. The number of aromatic hydroxyl groups is 1. The Morgan fingerprint density at radius 1 is 1.22 bits per heavy atom. The van der Waals surface area contributed by atoms with Crippen molar-refractivity contribution in [1.29, 1.82) is 0 Å². The van der Waals surface area contributed by atoms with Crippen LogP contribution in [0.15, 0.2) is 18.2 Å². The van der Waals surface area contributed by atoms with Gasteiger partial charge in [-0.1, -0.05) is 20.8 Å². The van der Waals surface area contributed by atoms with Crippen LogP contribution in [0.25, 0.3) is 0 Å². The van der Waals surface area contributed by atoms with E-state index in [1.807, 2.05) is 13.8 Å². The minimum absolute atomic E-state index is 0.174. The predicted octanol–water partition coefficient (Wildman–Crippen LogP) is 2.32. The van der Waals surface area contributed by atoms with Crippen molar-refractivity contribution in [2.75, 3.05) is 5.32 Å². The Morgan fingerprint density at radius 2 is 1.83 bits per heavy atom. The SMILES string of the molecule is CC(C)C(C)C(=O)Nc1ccc(O)c(C(=O)O)c1. The Bertz CT molecular complexity index is 468. The molecular weight excluding hydrogens is 234 g/mol. The summed E-state index contributed by atoms with van der Waals surface area (Å²) in [5.74, 6) is -1.71. The summed E-state index contributed by atoms with van der Waals surface area (Å²) in [6.07, 6.45) is 0. The van der Waals surface area contributed by atoms with E-state index in [0.29, 0.717) is 5.69 Å². The molecule has 1 unspecified atom stereocenters. The molecule has 1 amide bonds. The fourth-order valence-corrected chi connectivity index (χ4v) is 1.34. The molecule has 0 aromatic heterocycles. The smallest absolute Gasteiger partial charge is 0.339 e. The molecule has 0 fully saturated rings. The molecule has 1 rings (SSSR count). The number of nitrogens with one attached hydrogen (secondary N) is 1. The van der Waals surface area contributed by atoms with E-state index in [1.54, 1.807) is 6.92 Å². The van der Waals surface area contributed by atoms with Crippen molar-refractivity contribution in [3.63, 3.8) is 0 Å². The monoisotopic (exact) mass is 251 g/mol. The van der Waals surface area contributed by atoms with Crippen LogP contribution >= 0.6 is 0 Å². The average molecular weight is 251 g/mol. The third-order valence-electron chi connectivity index (χ3n) is 2.91. The van der Waals surface area contributed by atoms with Crippen LogP contribution < -0.4 is 5.32 Å². The average Bonchev–Trinajstić information content (AvgIpc) is 2.29. The highest BCUT2D eigenvalue weighted by Crippen LogP contribution is 2.22. The molecule has 0 aliphatic heterocycles.